The van der Waals surface area contributed by atoms with Crippen LogP contribution in [-0.2, 0) is 16.0 Å². The number of likely N-dealkylation sites (tertiary alicyclic amines) is 1. The monoisotopic (exact) mass is 383 g/mol. The molecule has 6 heteroatoms. The number of hydrogen-bond acceptors (Lipinski definition) is 4. The van der Waals surface area contributed by atoms with Crippen molar-refractivity contribution in [2.45, 2.75) is 19.8 Å². The van der Waals surface area contributed by atoms with Crippen LogP contribution in [0.3, 0.4) is 0 Å². The first-order chi connectivity index (χ1) is 13.5. The van der Waals surface area contributed by atoms with Gasteiger partial charge in [0.15, 0.2) is 0 Å². The molecule has 1 fully saturated rings. The van der Waals surface area contributed by atoms with Gasteiger partial charge in [-0.15, -0.1) is 0 Å². The molecule has 148 valence electrons. The Kier molecular flexibility index (Phi) is 6.53. The largest absolute Gasteiger partial charge is 0.490 e. The summed E-state index contributed by atoms with van der Waals surface area (Å²) in [6.07, 6.45) is 0.705. The number of carbonyl (C=O) groups excluding carboxylic acids is 1. The van der Waals surface area contributed by atoms with Gasteiger partial charge in [0.2, 0.25) is 5.91 Å². The molecule has 1 N–H and O–H groups in total. The fourth-order valence-electron chi connectivity index (χ4n) is 3.21. The van der Waals surface area contributed by atoms with E-state index in [1.54, 1.807) is 4.90 Å². The molecule has 6 nitrogen and oxygen atoms in total. The van der Waals surface area contributed by atoms with Crippen molar-refractivity contribution in [2.24, 2.45) is 5.92 Å². The minimum atomic E-state index is -0.909. The molecule has 0 aliphatic carbocycles. The van der Waals surface area contributed by atoms with Crippen molar-refractivity contribution in [3.05, 3.63) is 59.7 Å². The van der Waals surface area contributed by atoms with E-state index < -0.39 is 11.9 Å². The highest BCUT2D eigenvalue weighted by atomic mass is 16.5. The third-order valence-electron chi connectivity index (χ3n) is 4.82. The summed E-state index contributed by atoms with van der Waals surface area (Å²) in [5, 5.41) is 9.08. The maximum Gasteiger partial charge on any atom is 0.308 e. The van der Waals surface area contributed by atoms with E-state index in [0.29, 0.717) is 26.2 Å². The first-order valence-electron chi connectivity index (χ1n) is 9.43. The number of amides is 1. The number of ether oxygens (including phenoxy) is 2. The maximum atomic E-state index is 12.0. The lowest BCUT2D eigenvalue weighted by Crippen LogP contribution is -2.28. The van der Waals surface area contributed by atoms with E-state index in [0.717, 1.165) is 17.1 Å². The average Bonchev–Trinajstić information content (AvgIpc) is 3.07. The van der Waals surface area contributed by atoms with Crippen molar-refractivity contribution in [1.29, 1.82) is 0 Å². The number of rotatable bonds is 9. The van der Waals surface area contributed by atoms with Crippen molar-refractivity contribution in [3.63, 3.8) is 0 Å². The number of carbonyl (C=O) groups is 2. The molecule has 1 unspecified atom stereocenters. The third kappa shape index (κ3) is 5.25. The lowest BCUT2D eigenvalue weighted by Gasteiger charge is -2.17. The molecule has 3 rings (SSSR count). The van der Waals surface area contributed by atoms with Gasteiger partial charge in [-0.25, -0.2) is 0 Å². The summed E-state index contributed by atoms with van der Waals surface area (Å²) in [6.45, 7) is 3.64. The van der Waals surface area contributed by atoms with Crippen molar-refractivity contribution >= 4 is 11.9 Å². The van der Waals surface area contributed by atoms with Crippen LogP contribution in [0, 0.1) is 12.8 Å². The summed E-state index contributed by atoms with van der Waals surface area (Å²) in [6, 6.07) is 15.6. The molecule has 0 aromatic heterocycles. The van der Waals surface area contributed by atoms with Crippen LogP contribution in [-0.4, -0.2) is 48.2 Å². The Morgan fingerprint density at radius 2 is 1.82 bits per heavy atom. The van der Waals surface area contributed by atoms with Gasteiger partial charge in [0.25, 0.3) is 0 Å². The molecule has 1 heterocycles. The number of carboxylic acids is 1. The number of para-hydroxylation sites is 1. The second kappa shape index (κ2) is 9.26. The normalized spacial score (nSPS) is 16.2. The summed E-state index contributed by atoms with van der Waals surface area (Å²) in [5.74, 6) is -0.0390. The van der Waals surface area contributed by atoms with Gasteiger partial charge in [-0.3, -0.25) is 9.59 Å². The molecule has 2 aromatic carbocycles. The van der Waals surface area contributed by atoms with Crippen LogP contribution in [0.5, 0.6) is 11.5 Å². The number of hydrogen-bond donors (Lipinski definition) is 1. The van der Waals surface area contributed by atoms with Gasteiger partial charge in [-0.2, -0.15) is 0 Å². The van der Waals surface area contributed by atoms with Crippen LogP contribution in [0.1, 0.15) is 17.5 Å². The van der Waals surface area contributed by atoms with Crippen molar-refractivity contribution in [2.75, 3.05) is 26.3 Å². The number of aryl methyl sites for hydroxylation is 1. The predicted octanol–water partition coefficient (Wildman–Crippen LogP) is 2.93. The van der Waals surface area contributed by atoms with Crippen LogP contribution < -0.4 is 9.47 Å². The molecule has 1 saturated heterocycles. The average molecular weight is 383 g/mol. The number of carboxylic acid groups (broad SMARTS) is 1. The van der Waals surface area contributed by atoms with Gasteiger partial charge in [0, 0.05) is 19.5 Å². The Morgan fingerprint density at radius 3 is 2.54 bits per heavy atom. The van der Waals surface area contributed by atoms with Gasteiger partial charge in [-0.05, 0) is 37.1 Å². The topological polar surface area (TPSA) is 76.1 Å². The van der Waals surface area contributed by atoms with E-state index >= 15 is 0 Å². The lowest BCUT2D eigenvalue weighted by molar-refractivity contribution is -0.141. The van der Waals surface area contributed by atoms with E-state index in [4.69, 9.17) is 14.6 Å². The number of aliphatic carboxylic acids is 1. The van der Waals surface area contributed by atoms with E-state index in [9.17, 15) is 9.59 Å². The highest BCUT2D eigenvalue weighted by Crippen LogP contribution is 2.22. The Morgan fingerprint density at radius 1 is 1.11 bits per heavy atom. The molecule has 1 aliphatic rings. The molecule has 2 aromatic rings. The zero-order valence-corrected chi connectivity index (χ0v) is 16.0. The van der Waals surface area contributed by atoms with Crippen molar-refractivity contribution < 1.29 is 24.2 Å². The zero-order valence-electron chi connectivity index (χ0n) is 16.0. The Bertz CT molecular complexity index is 818. The quantitative estimate of drug-likeness (QED) is 0.674. The highest BCUT2D eigenvalue weighted by Gasteiger charge is 2.33. The second-order valence-corrected chi connectivity index (χ2v) is 6.95. The molecule has 1 aliphatic heterocycles. The zero-order chi connectivity index (χ0) is 19.9. The van der Waals surface area contributed by atoms with Crippen molar-refractivity contribution in [1.82, 2.24) is 4.90 Å². The van der Waals surface area contributed by atoms with E-state index in [1.165, 1.54) is 5.56 Å². The molecule has 0 saturated carbocycles. The van der Waals surface area contributed by atoms with Crippen LogP contribution in [0.25, 0.3) is 0 Å². The Balaban J connectivity index is 1.48. The molecular formula is C22H25NO5. The van der Waals surface area contributed by atoms with Gasteiger partial charge in [0.1, 0.15) is 24.7 Å². The lowest BCUT2D eigenvalue weighted by atomic mass is 10.1. The Labute approximate surface area is 164 Å². The summed E-state index contributed by atoms with van der Waals surface area (Å²) in [4.78, 5) is 24.7. The van der Waals surface area contributed by atoms with Crippen LogP contribution in [0.4, 0.5) is 0 Å². The molecule has 0 spiro atoms. The molecule has 0 radical (unpaired) electrons. The standard InChI is InChI=1S/C22H25NO5/c1-16-6-8-19(9-7-16)27-12-13-28-20-5-3-2-4-17(20)10-11-23-15-18(22(25)26)14-21(23)24/h2-9,18H,10-15H2,1H3,(H,25,26). The van der Waals surface area contributed by atoms with Gasteiger partial charge in [0.05, 0.1) is 5.92 Å². The molecule has 0 bridgehead atoms. The predicted molar refractivity (Wildman–Crippen MR) is 105 cm³/mol. The molecular weight excluding hydrogens is 358 g/mol. The first-order valence-corrected chi connectivity index (χ1v) is 9.43. The Hall–Kier alpha value is -3.02. The fourth-order valence-corrected chi connectivity index (χ4v) is 3.21. The first kappa shape index (κ1) is 19.7. The van der Waals surface area contributed by atoms with Crippen molar-refractivity contribution in [3.8, 4) is 11.5 Å². The summed E-state index contributed by atoms with van der Waals surface area (Å²) < 4.78 is 11.5. The third-order valence-corrected chi connectivity index (χ3v) is 4.82. The second-order valence-electron chi connectivity index (χ2n) is 6.95. The molecule has 28 heavy (non-hydrogen) atoms. The summed E-state index contributed by atoms with van der Waals surface area (Å²) >= 11 is 0. The summed E-state index contributed by atoms with van der Waals surface area (Å²) in [7, 11) is 0. The number of benzene rings is 2. The minimum absolute atomic E-state index is 0.0871. The smallest absolute Gasteiger partial charge is 0.308 e. The van der Waals surface area contributed by atoms with Gasteiger partial charge in [-0.1, -0.05) is 35.9 Å². The summed E-state index contributed by atoms with van der Waals surface area (Å²) in [5.41, 5.74) is 2.17. The van der Waals surface area contributed by atoms with Gasteiger partial charge >= 0.3 is 5.97 Å². The number of nitrogens with zero attached hydrogens (tertiary/aromatic N) is 1. The van der Waals surface area contributed by atoms with Crippen LogP contribution in [0.2, 0.25) is 0 Å². The molecule has 1 amide bonds. The minimum Gasteiger partial charge on any atom is -0.490 e. The van der Waals surface area contributed by atoms with Gasteiger partial charge < -0.3 is 19.5 Å². The maximum absolute atomic E-state index is 12.0. The van der Waals surface area contributed by atoms with Crippen LogP contribution in [0.15, 0.2) is 48.5 Å². The SMILES string of the molecule is Cc1ccc(OCCOc2ccccc2CCN2CC(C(=O)O)CC2=O)cc1. The van der Waals surface area contributed by atoms with E-state index in [-0.39, 0.29) is 18.9 Å². The van der Waals surface area contributed by atoms with E-state index in [1.807, 2.05) is 55.5 Å². The van der Waals surface area contributed by atoms with E-state index in [2.05, 4.69) is 0 Å². The highest BCUT2D eigenvalue weighted by molar-refractivity contribution is 5.86. The van der Waals surface area contributed by atoms with Crippen LogP contribution >= 0.6 is 0 Å². The molecule has 1 atom stereocenters. The fraction of sp³-hybridized carbons (Fsp3) is 0.364.